The molecule has 142 valence electrons. The first-order valence-electron chi connectivity index (χ1n) is 10.4. The Morgan fingerprint density at radius 1 is 1.26 bits per heavy atom. The van der Waals surface area contributed by atoms with Crippen LogP contribution in [0.5, 0.6) is 0 Å². The molecule has 1 aromatic carbocycles. The number of amidine groups is 1. The molecule has 4 rings (SSSR count). The van der Waals surface area contributed by atoms with E-state index in [0.29, 0.717) is 11.6 Å². The number of thioether (sulfide) groups is 1. The SMILES string of the molecule is [C-]#[N+]/C=C/c1ccc(N=C2SCC3(CCCC3)N2C2CCCC2)c(CC)c1. The summed E-state index contributed by atoms with van der Waals surface area (Å²) in [7, 11) is 0. The zero-order valence-electron chi connectivity index (χ0n) is 16.3. The Kier molecular flexibility index (Phi) is 5.59. The topological polar surface area (TPSA) is 20.0 Å². The molecule has 3 fully saturated rings. The van der Waals surface area contributed by atoms with Crippen molar-refractivity contribution in [3.8, 4) is 0 Å². The Bertz CT molecular complexity index is 777. The molecule has 1 aliphatic heterocycles. The largest absolute Gasteiger partial charge is 0.342 e. The van der Waals surface area contributed by atoms with Crippen LogP contribution >= 0.6 is 11.8 Å². The van der Waals surface area contributed by atoms with Crippen molar-refractivity contribution in [2.24, 2.45) is 4.99 Å². The fraction of sp³-hybridized carbons (Fsp3) is 0.565. The van der Waals surface area contributed by atoms with Gasteiger partial charge in [0.25, 0.3) is 0 Å². The standard InChI is InChI=1S/C23H29N3S/c1-3-19-16-18(12-15-24-2)10-11-21(19)25-22-26(20-8-4-5-9-20)23(17-27-22)13-6-7-14-23/h10-12,15-16,20H,3-9,13-14,17H2,1H3/b15-12+,25-22?. The highest BCUT2D eigenvalue weighted by Gasteiger charge is 2.49. The lowest BCUT2D eigenvalue weighted by Crippen LogP contribution is -2.50. The van der Waals surface area contributed by atoms with Crippen LogP contribution in [0.4, 0.5) is 5.69 Å². The van der Waals surface area contributed by atoms with Crippen molar-refractivity contribution < 1.29 is 0 Å². The highest BCUT2D eigenvalue weighted by Crippen LogP contribution is 2.48. The van der Waals surface area contributed by atoms with Crippen molar-refractivity contribution in [1.82, 2.24) is 4.90 Å². The number of hydrogen-bond acceptors (Lipinski definition) is 2. The second kappa shape index (κ2) is 8.10. The average Bonchev–Trinajstić information content (AvgIpc) is 3.44. The van der Waals surface area contributed by atoms with Gasteiger partial charge in [-0.05, 0) is 49.3 Å². The van der Waals surface area contributed by atoms with Crippen LogP contribution in [0, 0.1) is 6.57 Å². The van der Waals surface area contributed by atoms with Gasteiger partial charge in [-0.15, -0.1) is 0 Å². The van der Waals surface area contributed by atoms with Crippen molar-refractivity contribution in [2.45, 2.75) is 76.3 Å². The van der Waals surface area contributed by atoms with Gasteiger partial charge < -0.3 is 4.90 Å². The molecule has 1 aromatic rings. The normalized spacial score (nSPS) is 23.9. The lowest BCUT2D eigenvalue weighted by molar-refractivity contribution is 0.163. The van der Waals surface area contributed by atoms with Gasteiger partial charge in [0.05, 0.1) is 17.8 Å². The Labute approximate surface area is 167 Å². The minimum Gasteiger partial charge on any atom is -0.342 e. The van der Waals surface area contributed by atoms with Crippen LogP contribution in [0.15, 0.2) is 29.4 Å². The fourth-order valence-corrected chi connectivity index (χ4v) is 6.55. The summed E-state index contributed by atoms with van der Waals surface area (Å²) in [5, 5.41) is 1.27. The summed E-state index contributed by atoms with van der Waals surface area (Å²) < 4.78 is 0. The van der Waals surface area contributed by atoms with Gasteiger partial charge >= 0.3 is 0 Å². The zero-order chi connectivity index (χ0) is 18.7. The van der Waals surface area contributed by atoms with E-state index in [0.717, 1.165) is 17.7 Å². The third-order valence-corrected chi connectivity index (χ3v) is 7.68. The smallest absolute Gasteiger partial charge is 0.165 e. The number of aryl methyl sites for hydroxylation is 1. The van der Waals surface area contributed by atoms with Gasteiger partial charge in [0.1, 0.15) is 0 Å². The van der Waals surface area contributed by atoms with E-state index in [2.05, 4.69) is 34.9 Å². The van der Waals surface area contributed by atoms with Crippen molar-refractivity contribution in [2.75, 3.05) is 5.75 Å². The molecule has 3 nitrogen and oxygen atoms in total. The van der Waals surface area contributed by atoms with Gasteiger partial charge in [-0.25, -0.2) is 9.84 Å². The molecule has 0 unspecified atom stereocenters. The number of benzene rings is 1. The van der Waals surface area contributed by atoms with E-state index in [1.54, 1.807) is 0 Å². The van der Waals surface area contributed by atoms with E-state index in [-0.39, 0.29) is 0 Å². The Morgan fingerprint density at radius 3 is 2.74 bits per heavy atom. The summed E-state index contributed by atoms with van der Waals surface area (Å²) in [5.74, 6) is 1.22. The van der Waals surface area contributed by atoms with Crippen LogP contribution in [0.1, 0.15) is 69.4 Å². The molecular formula is C23H29N3S. The minimum atomic E-state index is 0.378. The van der Waals surface area contributed by atoms with Crippen molar-refractivity contribution >= 4 is 28.7 Å². The number of hydrogen-bond donors (Lipinski definition) is 0. The van der Waals surface area contributed by atoms with E-state index in [1.165, 1.54) is 74.1 Å². The Hall–Kier alpha value is -1.73. The van der Waals surface area contributed by atoms with E-state index in [9.17, 15) is 0 Å². The quantitative estimate of drug-likeness (QED) is 0.562. The number of rotatable bonds is 4. The first-order valence-corrected chi connectivity index (χ1v) is 11.4. The highest BCUT2D eigenvalue weighted by molar-refractivity contribution is 8.14. The molecule has 1 heterocycles. The summed E-state index contributed by atoms with van der Waals surface area (Å²) in [6, 6.07) is 7.11. The van der Waals surface area contributed by atoms with Crippen LogP contribution in [0.2, 0.25) is 0 Å². The molecule has 27 heavy (non-hydrogen) atoms. The summed E-state index contributed by atoms with van der Waals surface area (Å²) in [4.78, 5) is 11.3. The third-order valence-electron chi connectivity index (χ3n) is 6.45. The molecule has 2 aliphatic carbocycles. The van der Waals surface area contributed by atoms with E-state index < -0.39 is 0 Å². The number of nitrogens with zero attached hydrogens (tertiary/aromatic N) is 3. The molecule has 0 bridgehead atoms. The summed E-state index contributed by atoms with van der Waals surface area (Å²) in [6.07, 6.45) is 15.2. The molecule has 3 aliphatic rings. The highest BCUT2D eigenvalue weighted by atomic mass is 32.2. The molecule has 0 N–H and O–H groups in total. The van der Waals surface area contributed by atoms with E-state index >= 15 is 0 Å². The maximum atomic E-state index is 6.93. The first-order chi connectivity index (χ1) is 13.3. The minimum absolute atomic E-state index is 0.378. The molecule has 0 amide bonds. The molecule has 0 radical (unpaired) electrons. The number of aliphatic imine (C=N–C) groups is 1. The molecule has 0 atom stereocenters. The lowest BCUT2D eigenvalue weighted by Gasteiger charge is -2.40. The first kappa shape index (κ1) is 18.6. The second-order valence-corrected chi connectivity index (χ2v) is 9.05. The fourth-order valence-electron chi connectivity index (χ4n) is 5.08. The van der Waals surface area contributed by atoms with E-state index in [1.807, 2.05) is 17.8 Å². The molecule has 1 spiro atoms. The van der Waals surface area contributed by atoms with E-state index in [4.69, 9.17) is 11.6 Å². The maximum Gasteiger partial charge on any atom is 0.165 e. The molecule has 1 saturated heterocycles. The van der Waals surface area contributed by atoms with Gasteiger partial charge in [-0.2, -0.15) is 0 Å². The maximum absolute atomic E-state index is 6.93. The molecule has 4 heteroatoms. The van der Waals surface area contributed by atoms with Crippen LogP contribution in [0.25, 0.3) is 10.9 Å². The van der Waals surface area contributed by atoms with Gasteiger partial charge in [0, 0.05) is 11.8 Å². The van der Waals surface area contributed by atoms with Crippen molar-refractivity contribution in [3.05, 3.63) is 46.9 Å². The van der Waals surface area contributed by atoms with Crippen LogP contribution in [-0.4, -0.2) is 27.4 Å². The third kappa shape index (κ3) is 3.67. The van der Waals surface area contributed by atoms with Gasteiger partial charge in [0.15, 0.2) is 11.4 Å². The predicted octanol–water partition coefficient (Wildman–Crippen LogP) is 6.43. The van der Waals surface area contributed by atoms with Crippen molar-refractivity contribution in [1.29, 1.82) is 0 Å². The average molecular weight is 380 g/mol. The molecule has 2 saturated carbocycles. The zero-order valence-corrected chi connectivity index (χ0v) is 17.1. The van der Waals surface area contributed by atoms with Crippen LogP contribution < -0.4 is 0 Å². The summed E-state index contributed by atoms with van der Waals surface area (Å²) in [6.45, 7) is 9.12. The monoisotopic (exact) mass is 379 g/mol. The van der Waals surface area contributed by atoms with Gasteiger partial charge in [0.2, 0.25) is 0 Å². The molecular weight excluding hydrogens is 350 g/mol. The summed E-state index contributed by atoms with van der Waals surface area (Å²) in [5.41, 5.74) is 3.85. The van der Waals surface area contributed by atoms with Gasteiger partial charge in [-0.3, -0.25) is 0 Å². The second-order valence-electron chi connectivity index (χ2n) is 8.11. The summed E-state index contributed by atoms with van der Waals surface area (Å²) >= 11 is 1.99. The van der Waals surface area contributed by atoms with Crippen LogP contribution in [0.3, 0.4) is 0 Å². The predicted molar refractivity (Wildman–Crippen MR) is 116 cm³/mol. The van der Waals surface area contributed by atoms with Crippen LogP contribution in [-0.2, 0) is 6.42 Å². The van der Waals surface area contributed by atoms with Gasteiger partial charge in [-0.1, -0.05) is 62.6 Å². The van der Waals surface area contributed by atoms with Crippen molar-refractivity contribution in [3.63, 3.8) is 0 Å². The lowest BCUT2D eigenvalue weighted by atomic mass is 9.95. The molecule has 0 aromatic heterocycles. The Morgan fingerprint density at radius 2 is 2.04 bits per heavy atom. The Balaban J connectivity index is 1.67.